The molecule has 156 valence electrons. The Labute approximate surface area is 187 Å². The summed E-state index contributed by atoms with van der Waals surface area (Å²) in [5.41, 5.74) is 0.688. The van der Waals surface area contributed by atoms with Gasteiger partial charge in [-0.1, -0.05) is 46.3 Å². The first-order chi connectivity index (χ1) is 15.1. The van der Waals surface area contributed by atoms with Crippen LogP contribution in [0, 0.1) is 23.7 Å². The maximum Gasteiger partial charge on any atom is 0.310 e. The lowest BCUT2D eigenvalue weighted by molar-refractivity contribution is -0.145. The predicted molar refractivity (Wildman–Crippen MR) is 120 cm³/mol. The summed E-state index contributed by atoms with van der Waals surface area (Å²) in [6, 6.07) is 21.4. The van der Waals surface area contributed by atoms with Crippen molar-refractivity contribution in [2.75, 3.05) is 5.32 Å². The maximum absolute atomic E-state index is 13.0. The number of hydrogen-bond acceptors (Lipinski definition) is 4. The van der Waals surface area contributed by atoms with Crippen LogP contribution in [0.1, 0.15) is 6.42 Å². The Morgan fingerprint density at radius 1 is 0.968 bits per heavy atom. The molecule has 31 heavy (non-hydrogen) atoms. The molecule has 3 aliphatic rings. The third kappa shape index (κ3) is 3.04. The highest BCUT2D eigenvalue weighted by Crippen LogP contribution is 2.60. The van der Waals surface area contributed by atoms with E-state index < -0.39 is 0 Å². The average Bonchev–Trinajstić information content (AvgIpc) is 3.39. The largest absolute Gasteiger partial charge is 0.461 e. The summed E-state index contributed by atoms with van der Waals surface area (Å²) in [5.74, 6) is 0.776. The Morgan fingerprint density at radius 2 is 1.71 bits per heavy atom. The first-order valence-electron chi connectivity index (χ1n) is 10.5. The van der Waals surface area contributed by atoms with Gasteiger partial charge in [0.25, 0.3) is 0 Å². The van der Waals surface area contributed by atoms with Crippen molar-refractivity contribution >= 4 is 44.3 Å². The molecule has 2 aliphatic carbocycles. The first-order valence-corrected chi connectivity index (χ1v) is 11.4. The smallest absolute Gasteiger partial charge is 0.310 e. The second-order valence-corrected chi connectivity index (χ2v) is 9.64. The molecule has 0 aromatic heterocycles. The minimum atomic E-state index is -0.339. The van der Waals surface area contributed by atoms with E-state index >= 15 is 0 Å². The number of carbonyl (C=O) groups excluding carboxylic acids is 2. The Kier molecular flexibility index (Phi) is 4.32. The minimum absolute atomic E-state index is 0.0636. The van der Waals surface area contributed by atoms with Crippen LogP contribution in [0.2, 0.25) is 0 Å². The fourth-order valence-corrected chi connectivity index (χ4v) is 6.57. The number of ether oxygens (including phenoxy) is 2. The summed E-state index contributed by atoms with van der Waals surface area (Å²) in [5, 5.41) is 5.27. The standard InChI is InChI=1S/C25H20BrNO4/c26-22-18-12-19-21(25(29)31-23(19)22)20(18)24(28)27-15-6-9-16(10-7-15)30-17-8-5-13-3-1-2-4-14(13)11-17/h1-11,18-23H,12H2,(H,27,28)/t18-,19-,20-,21-,22+,23+/m1/s1. The summed E-state index contributed by atoms with van der Waals surface area (Å²) >= 11 is 3.65. The van der Waals surface area contributed by atoms with Crippen LogP contribution in [0.4, 0.5) is 5.69 Å². The summed E-state index contributed by atoms with van der Waals surface area (Å²) in [4.78, 5) is 25.3. The Morgan fingerprint density at radius 3 is 2.52 bits per heavy atom. The van der Waals surface area contributed by atoms with Crippen molar-refractivity contribution in [3.8, 4) is 11.5 Å². The molecule has 3 aromatic carbocycles. The molecule has 3 fully saturated rings. The molecule has 1 amide bonds. The molecule has 6 atom stereocenters. The van der Waals surface area contributed by atoms with Gasteiger partial charge in [0.1, 0.15) is 17.6 Å². The molecule has 1 N–H and O–H groups in total. The van der Waals surface area contributed by atoms with Crippen molar-refractivity contribution in [2.24, 2.45) is 23.7 Å². The fraction of sp³-hybridized carbons (Fsp3) is 0.280. The lowest BCUT2D eigenvalue weighted by Gasteiger charge is -2.27. The monoisotopic (exact) mass is 477 g/mol. The number of alkyl halides is 1. The van der Waals surface area contributed by atoms with Gasteiger partial charge in [0, 0.05) is 11.6 Å². The summed E-state index contributed by atoms with van der Waals surface area (Å²) in [7, 11) is 0. The minimum Gasteiger partial charge on any atom is -0.461 e. The number of benzene rings is 3. The molecule has 6 heteroatoms. The highest BCUT2D eigenvalue weighted by Gasteiger charge is 2.67. The summed E-state index contributed by atoms with van der Waals surface area (Å²) in [6.45, 7) is 0. The highest BCUT2D eigenvalue weighted by molar-refractivity contribution is 9.09. The van der Waals surface area contributed by atoms with Gasteiger partial charge in [-0.05, 0) is 59.5 Å². The zero-order valence-electron chi connectivity index (χ0n) is 16.5. The third-order valence-corrected chi connectivity index (χ3v) is 8.10. The van der Waals surface area contributed by atoms with E-state index in [2.05, 4.69) is 33.4 Å². The molecule has 1 aliphatic heterocycles. The number of anilines is 1. The van der Waals surface area contributed by atoms with E-state index in [1.54, 1.807) is 0 Å². The van der Waals surface area contributed by atoms with E-state index in [9.17, 15) is 9.59 Å². The van der Waals surface area contributed by atoms with Gasteiger partial charge in [0.05, 0.1) is 16.7 Å². The van der Waals surface area contributed by atoms with Crippen molar-refractivity contribution in [3.05, 3.63) is 66.7 Å². The van der Waals surface area contributed by atoms with Gasteiger partial charge >= 0.3 is 5.97 Å². The highest BCUT2D eigenvalue weighted by atomic mass is 79.9. The number of rotatable bonds is 4. The molecule has 2 saturated carbocycles. The van der Waals surface area contributed by atoms with Gasteiger partial charge in [-0.3, -0.25) is 9.59 Å². The zero-order valence-corrected chi connectivity index (χ0v) is 18.1. The maximum atomic E-state index is 13.0. The Balaban J connectivity index is 1.15. The van der Waals surface area contributed by atoms with Crippen molar-refractivity contribution < 1.29 is 19.1 Å². The molecular formula is C25H20BrNO4. The van der Waals surface area contributed by atoms with Gasteiger partial charge in [-0.15, -0.1) is 0 Å². The Bertz CT molecular complexity index is 1190. The number of hydrogen-bond donors (Lipinski definition) is 1. The first kappa shape index (κ1) is 18.9. The van der Waals surface area contributed by atoms with Crippen LogP contribution in [0.5, 0.6) is 11.5 Å². The molecule has 1 saturated heterocycles. The molecule has 0 unspecified atom stereocenters. The van der Waals surface area contributed by atoms with Crippen LogP contribution < -0.4 is 10.1 Å². The summed E-state index contributed by atoms with van der Waals surface area (Å²) < 4.78 is 11.5. The molecule has 0 spiro atoms. The van der Waals surface area contributed by atoms with Crippen molar-refractivity contribution in [3.63, 3.8) is 0 Å². The van der Waals surface area contributed by atoms with Gasteiger partial charge in [0.15, 0.2) is 0 Å². The average molecular weight is 478 g/mol. The quantitative estimate of drug-likeness (QED) is 0.417. The van der Waals surface area contributed by atoms with E-state index in [-0.39, 0.29) is 46.5 Å². The van der Waals surface area contributed by atoms with Gasteiger partial charge in [0.2, 0.25) is 5.91 Å². The van der Waals surface area contributed by atoms with Crippen LogP contribution >= 0.6 is 15.9 Å². The van der Waals surface area contributed by atoms with Crippen molar-refractivity contribution in [2.45, 2.75) is 17.4 Å². The zero-order chi connectivity index (χ0) is 21.1. The number of esters is 1. The van der Waals surface area contributed by atoms with E-state index in [4.69, 9.17) is 9.47 Å². The van der Waals surface area contributed by atoms with Crippen LogP contribution in [0.3, 0.4) is 0 Å². The second-order valence-electron chi connectivity index (χ2n) is 8.59. The van der Waals surface area contributed by atoms with E-state index in [1.165, 1.54) is 0 Å². The molecule has 2 bridgehead atoms. The molecule has 3 aromatic rings. The SMILES string of the molecule is O=C(Nc1ccc(Oc2ccc3ccccc3c2)cc1)[C@@H]1[C@H]2C[C@H]3[C@H](OC(=O)[C@H]31)[C@H]2Br. The summed E-state index contributed by atoms with van der Waals surface area (Å²) in [6.07, 6.45) is 0.797. The van der Waals surface area contributed by atoms with Crippen LogP contribution in [-0.4, -0.2) is 22.8 Å². The third-order valence-electron chi connectivity index (χ3n) is 6.90. The molecule has 0 radical (unpaired) electrons. The Hall–Kier alpha value is -2.86. The van der Waals surface area contributed by atoms with E-state index in [0.29, 0.717) is 11.4 Å². The van der Waals surface area contributed by atoms with Gasteiger partial charge in [-0.25, -0.2) is 0 Å². The molecule has 1 heterocycles. The van der Waals surface area contributed by atoms with Gasteiger partial charge in [-0.2, -0.15) is 0 Å². The lowest BCUT2D eigenvalue weighted by atomic mass is 9.79. The van der Waals surface area contributed by atoms with Crippen LogP contribution in [0.25, 0.3) is 10.8 Å². The van der Waals surface area contributed by atoms with Crippen LogP contribution in [0.15, 0.2) is 66.7 Å². The predicted octanol–water partition coefficient (Wildman–Crippen LogP) is 5.14. The lowest BCUT2D eigenvalue weighted by Crippen LogP contribution is -2.40. The number of fused-ring (bicyclic) bond motifs is 2. The second kappa shape index (κ2) is 7.09. The van der Waals surface area contributed by atoms with E-state index in [1.807, 2.05) is 54.6 Å². The number of amides is 1. The number of halogens is 1. The number of nitrogens with one attached hydrogen (secondary N) is 1. The van der Waals surface area contributed by atoms with Gasteiger partial charge < -0.3 is 14.8 Å². The molecule has 5 nitrogen and oxygen atoms in total. The molecular weight excluding hydrogens is 458 g/mol. The normalized spacial score (nSPS) is 30.4. The number of carbonyl (C=O) groups is 2. The van der Waals surface area contributed by atoms with Crippen LogP contribution in [-0.2, 0) is 14.3 Å². The molecule has 6 rings (SSSR count). The van der Waals surface area contributed by atoms with E-state index in [0.717, 1.165) is 22.9 Å². The fourth-order valence-electron chi connectivity index (χ4n) is 5.53. The topological polar surface area (TPSA) is 64.6 Å². The van der Waals surface area contributed by atoms with Crippen molar-refractivity contribution in [1.29, 1.82) is 0 Å². The van der Waals surface area contributed by atoms with Crippen molar-refractivity contribution in [1.82, 2.24) is 0 Å².